The number of hydrogen-bond acceptors (Lipinski definition) is 3. The van der Waals surface area contributed by atoms with E-state index < -0.39 is 0 Å². The third kappa shape index (κ3) is 6.61. The highest BCUT2D eigenvalue weighted by Gasteiger charge is 2.10. The van der Waals surface area contributed by atoms with Gasteiger partial charge in [-0.15, -0.1) is 0 Å². The molecule has 5 nitrogen and oxygen atoms in total. The topological polar surface area (TPSA) is 67.4 Å². The summed E-state index contributed by atoms with van der Waals surface area (Å²) >= 11 is 6.14. The Morgan fingerprint density at radius 3 is 2.56 bits per heavy atom. The molecular formula is C21H25ClN2O3. The summed E-state index contributed by atoms with van der Waals surface area (Å²) < 4.78 is 5.57. The van der Waals surface area contributed by atoms with E-state index >= 15 is 0 Å². The summed E-state index contributed by atoms with van der Waals surface area (Å²) in [5.74, 6) is 0.615. The van der Waals surface area contributed by atoms with E-state index in [4.69, 9.17) is 16.3 Å². The number of amides is 2. The summed E-state index contributed by atoms with van der Waals surface area (Å²) in [7, 11) is 0. The molecule has 0 saturated carbocycles. The van der Waals surface area contributed by atoms with Crippen LogP contribution in [0, 0.1) is 0 Å². The van der Waals surface area contributed by atoms with Crippen LogP contribution in [0.5, 0.6) is 5.75 Å². The van der Waals surface area contributed by atoms with Gasteiger partial charge in [-0.2, -0.15) is 0 Å². The van der Waals surface area contributed by atoms with E-state index in [-0.39, 0.29) is 18.4 Å². The van der Waals surface area contributed by atoms with Crippen molar-refractivity contribution in [2.24, 2.45) is 0 Å². The molecule has 6 heteroatoms. The van der Waals surface area contributed by atoms with E-state index in [2.05, 4.69) is 24.5 Å². The van der Waals surface area contributed by atoms with Gasteiger partial charge in [0.05, 0.1) is 10.7 Å². The number of carbonyl (C=O) groups excluding carboxylic acids is 2. The predicted molar refractivity (Wildman–Crippen MR) is 110 cm³/mol. The predicted octanol–water partition coefficient (Wildman–Crippen LogP) is 5.22. The van der Waals surface area contributed by atoms with Gasteiger partial charge in [-0.25, -0.2) is 0 Å². The third-order valence-electron chi connectivity index (χ3n) is 3.90. The van der Waals surface area contributed by atoms with E-state index in [1.54, 1.807) is 18.2 Å². The normalized spacial score (nSPS) is 10.6. The van der Waals surface area contributed by atoms with Crippen LogP contribution in [-0.2, 0) is 9.59 Å². The van der Waals surface area contributed by atoms with E-state index in [9.17, 15) is 9.59 Å². The summed E-state index contributed by atoms with van der Waals surface area (Å²) in [5, 5.41) is 5.88. The Hall–Kier alpha value is -2.53. The summed E-state index contributed by atoms with van der Waals surface area (Å²) in [5.41, 5.74) is 2.15. The van der Waals surface area contributed by atoms with Crippen LogP contribution in [0.2, 0.25) is 5.02 Å². The fourth-order valence-corrected chi connectivity index (χ4v) is 2.61. The van der Waals surface area contributed by atoms with Crippen LogP contribution in [0.3, 0.4) is 0 Å². The minimum Gasteiger partial charge on any atom is -0.484 e. The highest BCUT2D eigenvalue weighted by atomic mass is 35.5. The van der Waals surface area contributed by atoms with E-state index in [1.807, 2.05) is 31.2 Å². The molecule has 2 amide bonds. The van der Waals surface area contributed by atoms with Crippen molar-refractivity contribution in [2.75, 3.05) is 17.2 Å². The van der Waals surface area contributed by atoms with Crippen molar-refractivity contribution >= 4 is 34.8 Å². The minimum atomic E-state index is -0.330. The second-order valence-electron chi connectivity index (χ2n) is 6.56. The number of nitrogens with one attached hydrogen (secondary N) is 2. The molecule has 0 aliphatic heterocycles. The monoisotopic (exact) mass is 388 g/mol. The number of rotatable bonds is 8. The second-order valence-corrected chi connectivity index (χ2v) is 6.96. The summed E-state index contributed by atoms with van der Waals surface area (Å²) in [6, 6.07) is 12.6. The number of hydrogen-bond donors (Lipinski definition) is 2. The third-order valence-corrected chi connectivity index (χ3v) is 4.23. The molecule has 0 fully saturated rings. The number of ether oxygens (including phenoxy) is 1. The van der Waals surface area contributed by atoms with Gasteiger partial charge in [0.25, 0.3) is 5.91 Å². The SMILES string of the molecule is CCCC(=O)Nc1ccc(Cl)c(NC(=O)COc2cccc(C(C)C)c2)c1. The summed E-state index contributed by atoms with van der Waals surface area (Å²) in [4.78, 5) is 23.9. The molecule has 0 heterocycles. The lowest BCUT2D eigenvalue weighted by molar-refractivity contribution is -0.118. The van der Waals surface area contributed by atoms with E-state index in [0.717, 1.165) is 12.0 Å². The molecule has 2 aromatic rings. The molecule has 0 bridgehead atoms. The minimum absolute atomic E-state index is 0.0783. The molecule has 0 aromatic heterocycles. The van der Waals surface area contributed by atoms with Crippen molar-refractivity contribution < 1.29 is 14.3 Å². The Morgan fingerprint density at radius 2 is 1.85 bits per heavy atom. The number of benzene rings is 2. The first-order chi connectivity index (χ1) is 12.9. The van der Waals surface area contributed by atoms with Gasteiger partial charge < -0.3 is 15.4 Å². The Kier molecular flexibility index (Phi) is 7.67. The van der Waals surface area contributed by atoms with Gasteiger partial charge in [-0.05, 0) is 48.2 Å². The zero-order chi connectivity index (χ0) is 19.8. The van der Waals surface area contributed by atoms with Gasteiger partial charge in [0.15, 0.2) is 6.61 Å². The molecule has 0 unspecified atom stereocenters. The van der Waals surface area contributed by atoms with Crippen LogP contribution >= 0.6 is 11.6 Å². The number of carbonyl (C=O) groups is 2. The van der Waals surface area contributed by atoms with Crippen molar-refractivity contribution in [2.45, 2.75) is 39.5 Å². The molecule has 0 aliphatic carbocycles. The quantitative estimate of drug-likeness (QED) is 0.651. The highest BCUT2D eigenvalue weighted by molar-refractivity contribution is 6.33. The van der Waals surface area contributed by atoms with Crippen LogP contribution in [0.4, 0.5) is 11.4 Å². The largest absolute Gasteiger partial charge is 0.484 e. The molecule has 0 aliphatic rings. The lowest BCUT2D eigenvalue weighted by Gasteiger charge is -2.12. The van der Waals surface area contributed by atoms with Crippen LogP contribution in [0.15, 0.2) is 42.5 Å². The van der Waals surface area contributed by atoms with Crippen molar-refractivity contribution in [1.29, 1.82) is 0 Å². The number of anilines is 2. The first kappa shape index (κ1) is 20.8. The van der Waals surface area contributed by atoms with Gasteiger partial charge in [0, 0.05) is 12.1 Å². The average molecular weight is 389 g/mol. The molecule has 0 saturated heterocycles. The maximum Gasteiger partial charge on any atom is 0.262 e. The first-order valence-corrected chi connectivity index (χ1v) is 9.38. The highest BCUT2D eigenvalue weighted by Crippen LogP contribution is 2.26. The lowest BCUT2D eigenvalue weighted by atomic mass is 10.0. The summed E-state index contributed by atoms with van der Waals surface area (Å²) in [6.07, 6.45) is 1.20. The van der Waals surface area contributed by atoms with Gasteiger partial charge in [-0.3, -0.25) is 9.59 Å². The maximum atomic E-state index is 12.2. The molecule has 2 aromatic carbocycles. The molecule has 0 radical (unpaired) electrons. The molecular weight excluding hydrogens is 364 g/mol. The van der Waals surface area contributed by atoms with E-state index in [1.165, 1.54) is 0 Å². The smallest absolute Gasteiger partial charge is 0.262 e. The van der Waals surface area contributed by atoms with Crippen molar-refractivity contribution in [3.8, 4) is 5.75 Å². The number of halogens is 1. The van der Waals surface area contributed by atoms with E-state index in [0.29, 0.717) is 34.5 Å². The second kappa shape index (κ2) is 9.97. The fourth-order valence-electron chi connectivity index (χ4n) is 2.45. The lowest BCUT2D eigenvalue weighted by Crippen LogP contribution is -2.20. The van der Waals surface area contributed by atoms with Crippen LogP contribution in [-0.4, -0.2) is 18.4 Å². The molecule has 144 valence electrons. The molecule has 0 atom stereocenters. The summed E-state index contributed by atoms with van der Waals surface area (Å²) in [6.45, 7) is 5.99. The molecule has 0 spiro atoms. The van der Waals surface area contributed by atoms with Gasteiger partial charge in [0.1, 0.15) is 5.75 Å². The first-order valence-electron chi connectivity index (χ1n) is 9.01. The van der Waals surface area contributed by atoms with Gasteiger partial charge in [-0.1, -0.05) is 44.5 Å². The molecule has 2 rings (SSSR count). The Morgan fingerprint density at radius 1 is 1.07 bits per heavy atom. The van der Waals surface area contributed by atoms with Gasteiger partial charge >= 0.3 is 0 Å². The Labute approximate surface area is 165 Å². The van der Waals surface area contributed by atoms with Crippen molar-refractivity contribution in [3.05, 3.63) is 53.1 Å². The van der Waals surface area contributed by atoms with Crippen LogP contribution in [0.25, 0.3) is 0 Å². The van der Waals surface area contributed by atoms with Gasteiger partial charge in [0.2, 0.25) is 5.91 Å². The van der Waals surface area contributed by atoms with Crippen molar-refractivity contribution in [3.63, 3.8) is 0 Å². The fraction of sp³-hybridized carbons (Fsp3) is 0.333. The van der Waals surface area contributed by atoms with Crippen LogP contribution < -0.4 is 15.4 Å². The zero-order valence-electron chi connectivity index (χ0n) is 15.8. The average Bonchev–Trinajstić information content (AvgIpc) is 2.63. The van der Waals surface area contributed by atoms with Crippen LogP contribution in [0.1, 0.15) is 45.1 Å². The Balaban J connectivity index is 1.96. The standard InChI is InChI=1S/C21H25ClN2O3/c1-4-6-20(25)23-16-9-10-18(22)19(12-16)24-21(26)13-27-17-8-5-7-15(11-17)14(2)3/h5,7-12,14H,4,6,13H2,1-3H3,(H,23,25)(H,24,26). The van der Waals surface area contributed by atoms with Crippen molar-refractivity contribution in [1.82, 2.24) is 0 Å². The molecule has 2 N–H and O–H groups in total. The Bertz CT molecular complexity index is 806. The molecule has 27 heavy (non-hydrogen) atoms. The maximum absolute atomic E-state index is 12.2. The zero-order valence-corrected chi connectivity index (χ0v) is 16.6.